The molecular weight excluding hydrogens is 338 g/mol. The van der Waals surface area contributed by atoms with Crippen molar-refractivity contribution in [1.29, 1.82) is 0 Å². The van der Waals surface area contributed by atoms with E-state index < -0.39 is 12.1 Å². The van der Waals surface area contributed by atoms with Crippen LogP contribution in [0.25, 0.3) is 0 Å². The molecule has 0 bridgehead atoms. The zero-order valence-electron chi connectivity index (χ0n) is 12.5. The van der Waals surface area contributed by atoms with Crippen molar-refractivity contribution >= 4 is 11.9 Å². The van der Waals surface area contributed by atoms with E-state index in [4.69, 9.17) is 14.6 Å². The minimum atomic E-state index is -5.19. The maximum Gasteiger partial charge on any atom is 0.430 e. The van der Waals surface area contributed by atoms with E-state index in [1.54, 1.807) is 12.1 Å². The quantitative estimate of drug-likeness (QED) is 0.578. The fourth-order valence-electron chi connectivity index (χ4n) is 1.94. The molecule has 24 heavy (non-hydrogen) atoms. The third kappa shape index (κ3) is 6.41. The van der Waals surface area contributed by atoms with Gasteiger partial charge < -0.3 is 24.7 Å². The normalized spacial score (nSPS) is 19.9. The van der Waals surface area contributed by atoms with Crippen LogP contribution in [0.2, 0.25) is 0 Å². The Bertz CT molecular complexity index is 561. The maximum atomic E-state index is 12.7. The lowest BCUT2D eigenvalue weighted by atomic mass is 10.2. The van der Waals surface area contributed by atoms with Crippen LogP contribution in [0, 0.1) is 5.82 Å². The van der Waals surface area contributed by atoms with Gasteiger partial charge in [-0.05, 0) is 24.3 Å². The molecule has 1 aromatic carbocycles. The van der Waals surface area contributed by atoms with Crippen LogP contribution in [0.4, 0.5) is 17.6 Å². The van der Waals surface area contributed by atoms with E-state index in [1.807, 2.05) is 5.32 Å². The summed E-state index contributed by atoms with van der Waals surface area (Å²) in [6.45, 7) is 0.705. The number of aliphatic carboxylic acids is 1. The fourth-order valence-corrected chi connectivity index (χ4v) is 1.94. The number of carbonyl (C=O) groups is 2. The van der Waals surface area contributed by atoms with E-state index in [9.17, 15) is 22.4 Å². The van der Waals surface area contributed by atoms with Gasteiger partial charge in [-0.15, -0.1) is 0 Å². The summed E-state index contributed by atoms with van der Waals surface area (Å²) >= 11 is 0. The molecule has 0 radical (unpaired) electrons. The van der Waals surface area contributed by atoms with Crippen molar-refractivity contribution in [3.63, 3.8) is 0 Å². The van der Waals surface area contributed by atoms with E-state index >= 15 is 0 Å². The number of quaternary nitrogens is 1. The smallest absolute Gasteiger partial charge is 0.430 e. The zero-order valence-corrected chi connectivity index (χ0v) is 12.5. The summed E-state index contributed by atoms with van der Waals surface area (Å²) in [5.41, 5.74) is 0. The second-order valence-corrected chi connectivity index (χ2v) is 4.82. The van der Waals surface area contributed by atoms with Crippen LogP contribution >= 0.6 is 0 Å². The lowest BCUT2D eigenvalue weighted by molar-refractivity contribution is -0.660. The van der Waals surface area contributed by atoms with Crippen LogP contribution in [-0.4, -0.2) is 43.9 Å². The first-order chi connectivity index (χ1) is 11.1. The van der Waals surface area contributed by atoms with Crippen molar-refractivity contribution < 1.29 is 47.0 Å². The van der Waals surface area contributed by atoms with Gasteiger partial charge in [-0.2, -0.15) is 13.2 Å². The van der Waals surface area contributed by atoms with E-state index in [1.165, 1.54) is 19.2 Å². The minimum Gasteiger partial charge on any atom is -0.542 e. The average Bonchev–Trinajstić information content (AvgIpc) is 2.97. The highest BCUT2D eigenvalue weighted by Crippen LogP contribution is 2.16. The Morgan fingerprint density at radius 2 is 1.79 bits per heavy atom. The number of carboxylic acids is 1. The molecule has 0 aromatic heterocycles. The SMILES string of the molecule is COC(=O)[C@H]1C[C@@H](Oc2ccc(F)cc2)C[NH2+]1.O=C([O-])C(F)(F)F. The number of alkyl halides is 3. The van der Waals surface area contributed by atoms with E-state index in [0.717, 1.165) is 0 Å². The Morgan fingerprint density at radius 3 is 2.25 bits per heavy atom. The van der Waals surface area contributed by atoms with Crippen LogP contribution in [-0.2, 0) is 14.3 Å². The maximum absolute atomic E-state index is 12.7. The number of carbonyl (C=O) groups excluding carboxylic acids is 2. The van der Waals surface area contributed by atoms with Crippen LogP contribution in [0.1, 0.15) is 6.42 Å². The number of carboxylic acid groups (broad SMARTS) is 1. The third-order valence-electron chi connectivity index (χ3n) is 3.05. The molecule has 1 saturated heterocycles. The summed E-state index contributed by atoms with van der Waals surface area (Å²) in [7, 11) is 1.38. The topological polar surface area (TPSA) is 92.3 Å². The number of halogens is 4. The largest absolute Gasteiger partial charge is 0.542 e. The number of hydrogen-bond acceptors (Lipinski definition) is 5. The van der Waals surface area contributed by atoms with Crippen molar-refractivity contribution in [2.24, 2.45) is 0 Å². The van der Waals surface area contributed by atoms with Crippen LogP contribution in [0.5, 0.6) is 5.75 Å². The highest BCUT2D eigenvalue weighted by atomic mass is 19.4. The molecule has 2 rings (SSSR count). The number of nitrogens with two attached hydrogens (primary N) is 1. The zero-order chi connectivity index (χ0) is 18.3. The van der Waals surface area contributed by atoms with Gasteiger partial charge in [0.25, 0.3) is 0 Å². The Hall–Kier alpha value is -2.36. The molecule has 0 spiro atoms. The first kappa shape index (κ1) is 19.7. The first-order valence-electron chi connectivity index (χ1n) is 6.75. The molecule has 1 aliphatic heterocycles. The van der Waals surface area contributed by atoms with Gasteiger partial charge >= 0.3 is 12.1 Å². The molecule has 10 heteroatoms. The number of hydrogen-bond donors (Lipinski definition) is 1. The lowest BCUT2D eigenvalue weighted by Crippen LogP contribution is -2.89. The molecule has 0 unspecified atom stereocenters. The van der Waals surface area contributed by atoms with Crippen molar-refractivity contribution in [2.75, 3.05) is 13.7 Å². The Balaban J connectivity index is 0.000000351. The van der Waals surface area contributed by atoms with Gasteiger partial charge in [-0.25, -0.2) is 9.18 Å². The summed E-state index contributed by atoms with van der Waals surface area (Å²) in [6.07, 6.45) is -4.62. The molecule has 1 heterocycles. The van der Waals surface area contributed by atoms with E-state index in [2.05, 4.69) is 4.74 Å². The average molecular weight is 353 g/mol. The fraction of sp³-hybridized carbons (Fsp3) is 0.429. The van der Waals surface area contributed by atoms with Crippen molar-refractivity contribution in [3.05, 3.63) is 30.1 Å². The van der Waals surface area contributed by atoms with Crippen LogP contribution in [0.3, 0.4) is 0 Å². The van der Waals surface area contributed by atoms with Crippen molar-refractivity contribution in [3.8, 4) is 5.75 Å². The lowest BCUT2D eigenvalue weighted by Gasteiger charge is -2.10. The number of methoxy groups -OCH3 is 1. The summed E-state index contributed by atoms with van der Waals surface area (Å²) in [6, 6.07) is 5.68. The summed E-state index contributed by atoms with van der Waals surface area (Å²) in [5.74, 6) is -2.90. The number of benzene rings is 1. The molecule has 1 fully saturated rings. The van der Waals surface area contributed by atoms with Gasteiger partial charge in [0, 0.05) is 0 Å². The van der Waals surface area contributed by atoms with Gasteiger partial charge in [-0.3, -0.25) is 0 Å². The van der Waals surface area contributed by atoms with Crippen molar-refractivity contribution in [2.45, 2.75) is 24.7 Å². The second kappa shape index (κ2) is 8.48. The first-order valence-corrected chi connectivity index (χ1v) is 6.75. The Labute approximate surface area is 134 Å². The molecule has 2 atom stereocenters. The molecule has 0 aliphatic carbocycles. The van der Waals surface area contributed by atoms with Gasteiger partial charge in [0.15, 0.2) is 12.1 Å². The predicted molar refractivity (Wildman–Crippen MR) is 69.1 cm³/mol. The van der Waals surface area contributed by atoms with Crippen molar-refractivity contribution in [1.82, 2.24) is 0 Å². The molecule has 1 aliphatic rings. The highest BCUT2D eigenvalue weighted by molar-refractivity contribution is 5.74. The van der Waals surface area contributed by atoms with Gasteiger partial charge in [-0.1, -0.05) is 0 Å². The second-order valence-electron chi connectivity index (χ2n) is 4.82. The molecular formula is C14H15F4NO5. The Morgan fingerprint density at radius 1 is 1.25 bits per heavy atom. The molecule has 0 saturated carbocycles. The summed E-state index contributed by atoms with van der Waals surface area (Å²) < 4.78 is 54.6. The molecule has 1 aromatic rings. The van der Waals surface area contributed by atoms with Gasteiger partial charge in [0.1, 0.15) is 24.1 Å². The predicted octanol–water partition coefficient (Wildman–Crippen LogP) is -0.620. The Kier molecular flexibility index (Phi) is 6.96. The van der Waals surface area contributed by atoms with Crippen LogP contribution in [0.15, 0.2) is 24.3 Å². The molecule has 6 nitrogen and oxygen atoms in total. The third-order valence-corrected chi connectivity index (χ3v) is 3.05. The molecule has 0 amide bonds. The van der Waals surface area contributed by atoms with E-state index in [0.29, 0.717) is 18.7 Å². The monoisotopic (exact) mass is 353 g/mol. The summed E-state index contributed by atoms with van der Waals surface area (Å²) in [4.78, 5) is 20.1. The minimum absolute atomic E-state index is 0.0374. The van der Waals surface area contributed by atoms with Crippen LogP contribution < -0.4 is 15.2 Å². The highest BCUT2D eigenvalue weighted by Gasteiger charge is 2.35. The summed E-state index contributed by atoms with van der Waals surface area (Å²) in [5, 5.41) is 10.7. The number of ether oxygens (including phenoxy) is 2. The molecule has 2 N–H and O–H groups in total. The number of esters is 1. The van der Waals surface area contributed by atoms with E-state index in [-0.39, 0.29) is 23.9 Å². The van der Waals surface area contributed by atoms with Gasteiger partial charge in [0.2, 0.25) is 0 Å². The van der Waals surface area contributed by atoms with Gasteiger partial charge in [0.05, 0.1) is 13.5 Å². The number of rotatable bonds is 3. The molecule has 134 valence electrons. The standard InChI is InChI=1S/C12H14FNO3.C2HF3O2/c1-16-12(15)11-6-10(7-14-11)17-9-4-2-8(13)3-5-9;3-2(4,5)1(6)7/h2-5,10-11,14H,6-7H2,1H3;(H,6,7)/t10-,11-;/m1./s1.